The molecule has 0 rings (SSSR count). The zero-order valence-corrected chi connectivity index (χ0v) is 20.9. The second kappa shape index (κ2) is 26.7. The molecule has 0 aliphatic rings. The summed E-state index contributed by atoms with van der Waals surface area (Å²) in [5.74, 6) is 0. The number of methoxy groups -OCH3 is 1. The van der Waals surface area contributed by atoms with Gasteiger partial charge >= 0.3 is 0 Å². The molecule has 0 aliphatic heterocycles. The summed E-state index contributed by atoms with van der Waals surface area (Å²) in [6.07, 6.45) is 32.8. The maximum Gasteiger partial charge on any atom is 0.176 e. The van der Waals surface area contributed by atoms with Gasteiger partial charge in [0.2, 0.25) is 0 Å². The molecule has 0 aromatic heterocycles. The van der Waals surface area contributed by atoms with E-state index in [-0.39, 0.29) is 6.29 Å². The van der Waals surface area contributed by atoms with Crippen LogP contribution in [0, 0.1) is 0 Å². The second-order valence-corrected chi connectivity index (χ2v) is 9.14. The first-order chi connectivity index (χ1) is 14.8. The molecule has 0 aromatic carbocycles. The van der Waals surface area contributed by atoms with E-state index in [9.17, 15) is 0 Å². The molecule has 0 saturated heterocycles. The molecule has 0 spiro atoms. The maximum atomic E-state index is 5.54. The van der Waals surface area contributed by atoms with Gasteiger partial charge in [0.15, 0.2) is 6.29 Å². The van der Waals surface area contributed by atoms with Crippen molar-refractivity contribution in [3.05, 3.63) is 12.7 Å². The van der Waals surface area contributed by atoms with Crippen molar-refractivity contribution in [3.8, 4) is 0 Å². The van der Waals surface area contributed by atoms with E-state index in [0.717, 1.165) is 13.0 Å². The molecule has 0 amide bonds. The van der Waals surface area contributed by atoms with Gasteiger partial charge in [-0.2, -0.15) is 0 Å². The standard InChI is InChI=1S/C28H56O2/c1-4-6-7-8-9-10-11-12-13-14-15-16-17-18-19-20-21-22-23-24-25-26-27-30-28(5-2)29-3/h5,28H,2,4,6-27H2,1,3H3. The summed E-state index contributed by atoms with van der Waals surface area (Å²) < 4.78 is 10.7. The molecule has 0 bridgehead atoms. The minimum atomic E-state index is -0.236. The van der Waals surface area contributed by atoms with Crippen molar-refractivity contribution in [3.63, 3.8) is 0 Å². The Balaban J connectivity index is 3.04. The van der Waals surface area contributed by atoms with Gasteiger partial charge in [0.25, 0.3) is 0 Å². The smallest absolute Gasteiger partial charge is 0.176 e. The lowest BCUT2D eigenvalue weighted by atomic mass is 10.0. The number of hydrogen-bond donors (Lipinski definition) is 0. The van der Waals surface area contributed by atoms with Gasteiger partial charge in [-0.1, -0.05) is 148 Å². The van der Waals surface area contributed by atoms with E-state index >= 15 is 0 Å². The van der Waals surface area contributed by atoms with E-state index in [4.69, 9.17) is 9.47 Å². The summed E-state index contributed by atoms with van der Waals surface area (Å²) in [5, 5.41) is 0. The Kier molecular flexibility index (Phi) is 26.4. The Labute approximate surface area is 190 Å². The Morgan fingerprint density at radius 3 is 1.10 bits per heavy atom. The average Bonchev–Trinajstić information content (AvgIpc) is 2.77. The largest absolute Gasteiger partial charge is 0.352 e. The maximum absolute atomic E-state index is 5.54. The van der Waals surface area contributed by atoms with E-state index in [1.54, 1.807) is 13.2 Å². The van der Waals surface area contributed by atoms with E-state index in [2.05, 4.69) is 13.5 Å². The van der Waals surface area contributed by atoms with Crippen LogP contribution in [0.2, 0.25) is 0 Å². The molecule has 180 valence electrons. The SMILES string of the molecule is C=CC(OC)OCCCCCCCCCCCCCCCCCCCCCCCC. The van der Waals surface area contributed by atoms with Crippen LogP contribution in [0.1, 0.15) is 148 Å². The molecule has 30 heavy (non-hydrogen) atoms. The van der Waals surface area contributed by atoms with E-state index in [1.165, 1.54) is 135 Å². The van der Waals surface area contributed by atoms with Crippen molar-refractivity contribution in [2.75, 3.05) is 13.7 Å². The van der Waals surface area contributed by atoms with Crippen LogP contribution in [-0.4, -0.2) is 20.0 Å². The van der Waals surface area contributed by atoms with Crippen molar-refractivity contribution in [2.24, 2.45) is 0 Å². The molecule has 0 aromatic rings. The fourth-order valence-corrected chi connectivity index (χ4v) is 4.14. The predicted molar refractivity (Wildman–Crippen MR) is 134 cm³/mol. The van der Waals surface area contributed by atoms with Crippen LogP contribution in [0.5, 0.6) is 0 Å². The van der Waals surface area contributed by atoms with Crippen molar-refractivity contribution in [1.82, 2.24) is 0 Å². The lowest BCUT2D eigenvalue weighted by molar-refractivity contribution is -0.0910. The van der Waals surface area contributed by atoms with Gasteiger partial charge in [0.1, 0.15) is 0 Å². The Hall–Kier alpha value is -0.340. The first-order valence-corrected chi connectivity index (χ1v) is 13.6. The molecule has 0 heterocycles. The minimum Gasteiger partial charge on any atom is -0.352 e. The summed E-state index contributed by atoms with van der Waals surface area (Å²) >= 11 is 0. The van der Waals surface area contributed by atoms with Crippen molar-refractivity contribution in [1.29, 1.82) is 0 Å². The summed E-state index contributed by atoms with van der Waals surface area (Å²) in [6.45, 7) is 6.77. The lowest BCUT2D eigenvalue weighted by Gasteiger charge is -2.11. The predicted octanol–water partition coefficient (Wildman–Crippen LogP) is 9.76. The molecule has 0 fully saturated rings. The topological polar surface area (TPSA) is 18.5 Å². The van der Waals surface area contributed by atoms with E-state index in [0.29, 0.717) is 0 Å². The molecule has 0 N–H and O–H groups in total. The third-order valence-electron chi connectivity index (χ3n) is 6.20. The van der Waals surface area contributed by atoms with Crippen LogP contribution in [0.3, 0.4) is 0 Å². The molecule has 0 radical (unpaired) electrons. The van der Waals surface area contributed by atoms with Crippen LogP contribution in [0.25, 0.3) is 0 Å². The van der Waals surface area contributed by atoms with Gasteiger partial charge in [0.05, 0.1) is 6.61 Å². The highest BCUT2D eigenvalue weighted by Crippen LogP contribution is 2.15. The van der Waals surface area contributed by atoms with Crippen LogP contribution < -0.4 is 0 Å². The molecule has 0 saturated carbocycles. The summed E-state index contributed by atoms with van der Waals surface area (Å²) in [5.41, 5.74) is 0. The lowest BCUT2D eigenvalue weighted by Crippen LogP contribution is -2.12. The highest BCUT2D eigenvalue weighted by molar-refractivity contribution is 4.71. The van der Waals surface area contributed by atoms with Crippen LogP contribution in [0.15, 0.2) is 12.7 Å². The number of hydrogen-bond acceptors (Lipinski definition) is 2. The quantitative estimate of drug-likeness (QED) is 0.0781. The average molecular weight is 425 g/mol. The van der Waals surface area contributed by atoms with Crippen LogP contribution in [0.4, 0.5) is 0 Å². The molecule has 2 nitrogen and oxygen atoms in total. The van der Waals surface area contributed by atoms with Gasteiger partial charge < -0.3 is 9.47 Å². The van der Waals surface area contributed by atoms with Crippen LogP contribution >= 0.6 is 0 Å². The van der Waals surface area contributed by atoms with Crippen molar-refractivity contribution in [2.45, 2.75) is 154 Å². The molecule has 1 unspecified atom stereocenters. The Morgan fingerprint density at radius 1 is 0.533 bits per heavy atom. The summed E-state index contributed by atoms with van der Waals surface area (Å²) in [7, 11) is 1.66. The van der Waals surface area contributed by atoms with Crippen molar-refractivity contribution >= 4 is 0 Å². The number of ether oxygens (including phenoxy) is 2. The van der Waals surface area contributed by atoms with Crippen molar-refractivity contribution < 1.29 is 9.47 Å². The Morgan fingerprint density at radius 2 is 0.833 bits per heavy atom. The first kappa shape index (κ1) is 29.7. The fourth-order valence-electron chi connectivity index (χ4n) is 4.14. The third kappa shape index (κ3) is 23.9. The number of rotatable bonds is 26. The monoisotopic (exact) mass is 424 g/mol. The zero-order valence-electron chi connectivity index (χ0n) is 20.9. The summed E-state index contributed by atoms with van der Waals surface area (Å²) in [6, 6.07) is 0. The van der Waals surface area contributed by atoms with E-state index in [1.807, 2.05) is 0 Å². The molecule has 1 atom stereocenters. The highest BCUT2D eigenvalue weighted by Gasteiger charge is 2.00. The normalized spacial score (nSPS) is 12.3. The van der Waals surface area contributed by atoms with Crippen LogP contribution in [-0.2, 0) is 9.47 Å². The molecular formula is C28H56O2. The van der Waals surface area contributed by atoms with Gasteiger partial charge in [0, 0.05) is 7.11 Å². The highest BCUT2D eigenvalue weighted by atomic mass is 16.7. The van der Waals surface area contributed by atoms with Gasteiger partial charge in [-0.05, 0) is 12.5 Å². The van der Waals surface area contributed by atoms with Gasteiger partial charge in [-0.3, -0.25) is 0 Å². The van der Waals surface area contributed by atoms with Gasteiger partial charge in [-0.15, -0.1) is 0 Å². The minimum absolute atomic E-state index is 0.236. The third-order valence-corrected chi connectivity index (χ3v) is 6.20. The second-order valence-electron chi connectivity index (χ2n) is 9.14. The molecule has 0 aliphatic carbocycles. The number of unbranched alkanes of at least 4 members (excludes halogenated alkanes) is 21. The fraction of sp³-hybridized carbons (Fsp3) is 0.929. The molecular weight excluding hydrogens is 368 g/mol. The van der Waals surface area contributed by atoms with E-state index < -0.39 is 0 Å². The molecule has 2 heteroatoms. The first-order valence-electron chi connectivity index (χ1n) is 13.6. The summed E-state index contributed by atoms with van der Waals surface area (Å²) in [4.78, 5) is 0. The zero-order chi connectivity index (χ0) is 22.0. The van der Waals surface area contributed by atoms with Gasteiger partial charge in [-0.25, -0.2) is 0 Å². The Bertz CT molecular complexity index is 316.